The van der Waals surface area contributed by atoms with Gasteiger partial charge in [-0.2, -0.15) is 0 Å². The molecule has 0 atom stereocenters. The summed E-state index contributed by atoms with van der Waals surface area (Å²) in [7, 11) is -3.36. The Kier molecular flexibility index (Phi) is 6.82. The molecule has 0 radical (unpaired) electrons. The van der Waals surface area contributed by atoms with Crippen molar-refractivity contribution in [2.45, 2.75) is 51.8 Å². The van der Waals surface area contributed by atoms with Crippen LogP contribution < -0.4 is 10.0 Å². The molecule has 2 rings (SSSR count). The van der Waals surface area contributed by atoms with Gasteiger partial charge in [-0.3, -0.25) is 4.72 Å². The Balaban J connectivity index is 1.89. The smallest absolute Gasteiger partial charge is 0.236 e. The van der Waals surface area contributed by atoms with Crippen LogP contribution in [0.4, 0.5) is 11.5 Å². The van der Waals surface area contributed by atoms with Crippen LogP contribution in [0.3, 0.4) is 0 Å². The molecule has 2 aromatic rings. The van der Waals surface area contributed by atoms with Crippen LogP contribution in [0.5, 0.6) is 0 Å². The fourth-order valence-electron chi connectivity index (χ4n) is 2.23. The van der Waals surface area contributed by atoms with Gasteiger partial charge >= 0.3 is 0 Å². The number of sulfonamides is 1. The van der Waals surface area contributed by atoms with E-state index in [9.17, 15) is 8.42 Å². The zero-order valence-corrected chi connectivity index (χ0v) is 15.9. The second-order valence-electron chi connectivity index (χ2n) is 6.40. The van der Waals surface area contributed by atoms with E-state index in [1.165, 1.54) is 18.4 Å². The van der Waals surface area contributed by atoms with E-state index >= 15 is 0 Å². The molecule has 0 saturated heterocycles. The standard InChI is InChI=1S/C19H27N3O2S/c1-4-5-6-16-7-10-18(11-8-16)20-13-17-9-12-19(21-14-17)22-25(23,24)15(2)3/h7-12,14-15,20H,4-6,13H2,1-3H3,(H,21,22). The molecule has 0 bridgehead atoms. The monoisotopic (exact) mass is 361 g/mol. The second kappa shape index (κ2) is 8.85. The minimum absolute atomic E-state index is 0.345. The number of nitrogens with zero attached hydrogens (tertiary/aromatic N) is 1. The first-order valence-electron chi connectivity index (χ1n) is 8.70. The predicted octanol–water partition coefficient (Wildman–Crippen LogP) is 4.19. The third-order valence-corrected chi connectivity index (χ3v) is 5.70. The fourth-order valence-corrected chi connectivity index (χ4v) is 2.88. The topological polar surface area (TPSA) is 71.1 Å². The van der Waals surface area contributed by atoms with Gasteiger partial charge in [-0.05, 0) is 56.0 Å². The van der Waals surface area contributed by atoms with Crippen molar-refractivity contribution in [3.05, 3.63) is 53.7 Å². The average molecular weight is 362 g/mol. The molecule has 0 amide bonds. The van der Waals surface area contributed by atoms with Gasteiger partial charge in [0.25, 0.3) is 0 Å². The molecule has 0 unspecified atom stereocenters. The minimum Gasteiger partial charge on any atom is -0.381 e. The molecule has 6 heteroatoms. The van der Waals surface area contributed by atoms with Gasteiger partial charge in [0, 0.05) is 18.4 Å². The summed E-state index contributed by atoms with van der Waals surface area (Å²) < 4.78 is 26.1. The number of pyridine rings is 1. The largest absolute Gasteiger partial charge is 0.381 e. The van der Waals surface area contributed by atoms with Crippen molar-refractivity contribution in [3.8, 4) is 0 Å². The summed E-state index contributed by atoms with van der Waals surface area (Å²) in [5.74, 6) is 0.345. The first-order valence-corrected chi connectivity index (χ1v) is 10.2. The van der Waals surface area contributed by atoms with Gasteiger partial charge in [-0.25, -0.2) is 13.4 Å². The number of aromatic nitrogens is 1. The van der Waals surface area contributed by atoms with Crippen LogP contribution in [0.15, 0.2) is 42.6 Å². The number of hydrogen-bond acceptors (Lipinski definition) is 4. The summed E-state index contributed by atoms with van der Waals surface area (Å²) in [6, 6.07) is 12.0. The summed E-state index contributed by atoms with van der Waals surface area (Å²) in [6.45, 7) is 6.10. The van der Waals surface area contributed by atoms with E-state index in [0.717, 1.165) is 17.7 Å². The van der Waals surface area contributed by atoms with Crippen LogP contribution >= 0.6 is 0 Å². The Morgan fingerprint density at radius 1 is 1.04 bits per heavy atom. The van der Waals surface area contributed by atoms with E-state index in [1.807, 2.05) is 6.07 Å². The summed E-state index contributed by atoms with van der Waals surface area (Å²) in [5, 5.41) is 2.86. The zero-order valence-electron chi connectivity index (χ0n) is 15.1. The lowest BCUT2D eigenvalue weighted by atomic mass is 10.1. The van der Waals surface area contributed by atoms with E-state index in [2.05, 4.69) is 46.2 Å². The maximum atomic E-state index is 11.8. The van der Waals surface area contributed by atoms with Gasteiger partial charge in [0.05, 0.1) is 5.25 Å². The molecular weight excluding hydrogens is 334 g/mol. The molecule has 0 fully saturated rings. The molecule has 25 heavy (non-hydrogen) atoms. The highest BCUT2D eigenvalue weighted by molar-refractivity contribution is 7.93. The van der Waals surface area contributed by atoms with Crippen LogP contribution in [0.1, 0.15) is 44.7 Å². The van der Waals surface area contributed by atoms with E-state index in [-0.39, 0.29) is 0 Å². The zero-order chi connectivity index (χ0) is 18.3. The number of anilines is 2. The molecule has 0 aliphatic heterocycles. The van der Waals surface area contributed by atoms with Crippen molar-refractivity contribution in [2.24, 2.45) is 0 Å². The molecule has 136 valence electrons. The van der Waals surface area contributed by atoms with Gasteiger partial charge < -0.3 is 5.32 Å². The molecule has 1 aromatic carbocycles. The van der Waals surface area contributed by atoms with E-state index in [4.69, 9.17) is 0 Å². The highest BCUT2D eigenvalue weighted by Gasteiger charge is 2.15. The van der Waals surface area contributed by atoms with Gasteiger partial charge in [-0.1, -0.05) is 31.5 Å². The van der Waals surface area contributed by atoms with E-state index < -0.39 is 15.3 Å². The van der Waals surface area contributed by atoms with Crippen molar-refractivity contribution in [1.29, 1.82) is 0 Å². The SMILES string of the molecule is CCCCc1ccc(NCc2ccc(NS(=O)(=O)C(C)C)nc2)cc1. The van der Waals surface area contributed by atoms with E-state index in [1.54, 1.807) is 26.1 Å². The van der Waals surface area contributed by atoms with Crippen molar-refractivity contribution < 1.29 is 8.42 Å². The maximum absolute atomic E-state index is 11.8. The summed E-state index contributed by atoms with van der Waals surface area (Å²) >= 11 is 0. The number of unbranched alkanes of at least 4 members (excludes halogenated alkanes) is 1. The lowest BCUT2D eigenvalue weighted by Crippen LogP contribution is -2.23. The molecule has 0 spiro atoms. The number of benzene rings is 1. The van der Waals surface area contributed by atoms with Crippen molar-refractivity contribution in [3.63, 3.8) is 0 Å². The normalized spacial score (nSPS) is 11.5. The van der Waals surface area contributed by atoms with E-state index in [0.29, 0.717) is 12.4 Å². The summed E-state index contributed by atoms with van der Waals surface area (Å²) in [5.41, 5.74) is 3.41. The predicted molar refractivity (Wildman–Crippen MR) is 104 cm³/mol. The Hall–Kier alpha value is -2.08. The Morgan fingerprint density at radius 2 is 1.72 bits per heavy atom. The molecule has 1 heterocycles. The number of hydrogen-bond donors (Lipinski definition) is 2. The lowest BCUT2D eigenvalue weighted by Gasteiger charge is -2.11. The Labute approximate surface area is 150 Å². The minimum atomic E-state index is -3.36. The van der Waals surface area contributed by atoms with Crippen molar-refractivity contribution in [2.75, 3.05) is 10.0 Å². The second-order valence-corrected chi connectivity index (χ2v) is 8.64. The average Bonchev–Trinajstić information content (AvgIpc) is 2.60. The highest BCUT2D eigenvalue weighted by Crippen LogP contribution is 2.14. The lowest BCUT2D eigenvalue weighted by molar-refractivity contribution is 0.592. The fraction of sp³-hybridized carbons (Fsp3) is 0.421. The number of rotatable bonds is 9. The molecule has 0 saturated carbocycles. The quantitative estimate of drug-likeness (QED) is 0.703. The van der Waals surface area contributed by atoms with Crippen LogP contribution in [-0.4, -0.2) is 18.7 Å². The third kappa shape index (κ3) is 6.05. The molecule has 5 nitrogen and oxygen atoms in total. The maximum Gasteiger partial charge on any atom is 0.236 e. The molecule has 1 aromatic heterocycles. The molecular formula is C19H27N3O2S. The summed E-state index contributed by atoms with van der Waals surface area (Å²) in [6.07, 6.45) is 5.22. The number of aryl methyl sites for hydroxylation is 1. The van der Waals surface area contributed by atoms with Gasteiger partial charge in [0.2, 0.25) is 10.0 Å². The third-order valence-electron chi connectivity index (χ3n) is 3.96. The Bertz CT molecular complexity index is 754. The first-order chi connectivity index (χ1) is 11.9. The van der Waals surface area contributed by atoms with Crippen molar-refractivity contribution >= 4 is 21.5 Å². The molecule has 2 N–H and O–H groups in total. The van der Waals surface area contributed by atoms with Gasteiger partial charge in [-0.15, -0.1) is 0 Å². The molecule has 0 aliphatic carbocycles. The van der Waals surface area contributed by atoms with Gasteiger partial charge in [0.15, 0.2) is 0 Å². The van der Waals surface area contributed by atoms with Crippen molar-refractivity contribution in [1.82, 2.24) is 4.98 Å². The van der Waals surface area contributed by atoms with Crippen LogP contribution in [0, 0.1) is 0 Å². The summed E-state index contributed by atoms with van der Waals surface area (Å²) in [4.78, 5) is 4.18. The van der Waals surface area contributed by atoms with Crippen LogP contribution in [0.25, 0.3) is 0 Å². The van der Waals surface area contributed by atoms with Crippen LogP contribution in [-0.2, 0) is 23.0 Å². The number of nitrogens with one attached hydrogen (secondary N) is 2. The highest BCUT2D eigenvalue weighted by atomic mass is 32.2. The van der Waals surface area contributed by atoms with Gasteiger partial charge in [0.1, 0.15) is 5.82 Å². The van der Waals surface area contributed by atoms with Crippen LogP contribution in [0.2, 0.25) is 0 Å². The Morgan fingerprint density at radius 3 is 2.28 bits per heavy atom. The first kappa shape index (κ1) is 19.2. The molecule has 0 aliphatic rings.